The zero-order valence-corrected chi connectivity index (χ0v) is 16.6. The normalized spacial score (nSPS) is 29.9. The van der Waals surface area contributed by atoms with Crippen molar-refractivity contribution < 1.29 is 14.6 Å². The highest BCUT2D eigenvalue weighted by Gasteiger charge is 2.46. The summed E-state index contributed by atoms with van der Waals surface area (Å²) in [5, 5.41) is 10.1. The largest absolute Gasteiger partial charge is 0.506 e. The molecule has 0 saturated carbocycles. The molecule has 3 aliphatic rings. The maximum Gasteiger partial charge on any atom is 0.312 e. The molecule has 3 atom stereocenters. The van der Waals surface area contributed by atoms with Crippen molar-refractivity contribution in [1.82, 2.24) is 4.90 Å². The summed E-state index contributed by atoms with van der Waals surface area (Å²) in [5.74, 6) is 1.74. The molecular formula is C22H32N2O3. The second-order valence-electron chi connectivity index (χ2n) is 8.68. The van der Waals surface area contributed by atoms with Crippen molar-refractivity contribution >= 4 is 11.7 Å². The number of anilines is 1. The van der Waals surface area contributed by atoms with Gasteiger partial charge in [0.1, 0.15) is 11.9 Å². The molecule has 4 rings (SSSR count). The first kappa shape index (κ1) is 18.6. The molecule has 27 heavy (non-hydrogen) atoms. The van der Waals surface area contributed by atoms with Crippen LogP contribution < -0.4 is 4.90 Å². The zero-order valence-electron chi connectivity index (χ0n) is 16.6. The number of carbonyl (C=O) groups is 1. The van der Waals surface area contributed by atoms with E-state index >= 15 is 0 Å². The molecule has 3 aliphatic heterocycles. The van der Waals surface area contributed by atoms with Crippen molar-refractivity contribution in [3.05, 3.63) is 24.3 Å². The number of phenolic OH excluding ortho intramolecular Hbond substituents is 1. The molecule has 0 aliphatic carbocycles. The molecular weight excluding hydrogens is 340 g/mol. The third kappa shape index (κ3) is 3.42. The Labute approximate surface area is 162 Å². The molecule has 1 N–H and O–H groups in total. The molecule has 0 amide bonds. The Morgan fingerprint density at radius 2 is 1.78 bits per heavy atom. The van der Waals surface area contributed by atoms with Gasteiger partial charge in [-0.1, -0.05) is 26.0 Å². The van der Waals surface area contributed by atoms with E-state index < -0.39 is 0 Å². The third-order valence-corrected chi connectivity index (χ3v) is 7.23. The van der Waals surface area contributed by atoms with E-state index in [2.05, 4.69) is 23.6 Å². The third-order valence-electron chi connectivity index (χ3n) is 7.23. The lowest BCUT2D eigenvalue weighted by molar-refractivity contribution is -0.149. The number of rotatable bonds is 6. The Bertz CT molecular complexity index is 674. The fraction of sp³-hybridized carbons (Fsp3) is 0.682. The Kier molecular flexibility index (Phi) is 5.06. The van der Waals surface area contributed by atoms with Crippen LogP contribution in [-0.2, 0) is 9.53 Å². The molecule has 5 heteroatoms. The van der Waals surface area contributed by atoms with Gasteiger partial charge in [-0.15, -0.1) is 0 Å². The first-order valence-electron chi connectivity index (χ1n) is 10.5. The minimum atomic E-state index is -0.232. The molecule has 0 aromatic heterocycles. The molecule has 148 valence electrons. The molecule has 5 nitrogen and oxygen atoms in total. The van der Waals surface area contributed by atoms with E-state index in [1.807, 2.05) is 18.2 Å². The van der Waals surface area contributed by atoms with Crippen LogP contribution in [0, 0.1) is 17.3 Å². The van der Waals surface area contributed by atoms with E-state index in [0.29, 0.717) is 17.6 Å². The Hall–Kier alpha value is -1.75. The van der Waals surface area contributed by atoms with Crippen molar-refractivity contribution in [2.45, 2.75) is 45.6 Å². The van der Waals surface area contributed by atoms with Crippen molar-refractivity contribution in [2.75, 3.05) is 37.6 Å². The molecule has 1 aromatic rings. The van der Waals surface area contributed by atoms with E-state index in [1.165, 1.54) is 0 Å². The Morgan fingerprint density at radius 1 is 1.11 bits per heavy atom. The number of hydrogen-bond donors (Lipinski definition) is 1. The van der Waals surface area contributed by atoms with Gasteiger partial charge in [0, 0.05) is 39.1 Å². The highest BCUT2D eigenvalue weighted by Crippen LogP contribution is 2.42. The highest BCUT2D eigenvalue weighted by molar-refractivity contribution is 5.78. The lowest BCUT2D eigenvalue weighted by Gasteiger charge is -2.24. The highest BCUT2D eigenvalue weighted by atomic mass is 16.6. The van der Waals surface area contributed by atoms with Crippen LogP contribution in [0.4, 0.5) is 5.69 Å². The number of benzene rings is 1. The summed E-state index contributed by atoms with van der Waals surface area (Å²) in [6.45, 7) is 9.49. The number of carbonyl (C=O) groups excluding carboxylic acids is 1. The number of hydrogen-bond acceptors (Lipinski definition) is 5. The molecule has 3 fully saturated rings. The van der Waals surface area contributed by atoms with Gasteiger partial charge in [-0.25, -0.2) is 0 Å². The standard InChI is InChI=1S/C22H32N2O3/c1-3-22(4-2)11-18(27-21(22)26)9-10-23-12-16-14-24(15-17(16)13-23)19-7-5-6-8-20(19)25/h5-8,16-18,25H,3-4,9-15H2,1-2H3. The van der Waals surface area contributed by atoms with Gasteiger partial charge < -0.3 is 19.6 Å². The van der Waals surface area contributed by atoms with Gasteiger partial charge in [0.2, 0.25) is 0 Å². The lowest BCUT2D eigenvalue weighted by Crippen LogP contribution is -2.31. The number of aromatic hydroxyl groups is 1. The topological polar surface area (TPSA) is 53.0 Å². The SMILES string of the molecule is CCC1(CC)CC(CCN2CC3CN(c4ccccc4O)CC3C2)OC1=O. The van der Waals surface area contributed by atoms with Gasteiger partial charge in [0.05, 0.1) is 11.1 Å². The minimum absolute atomic E-state index is 0.0223. The molecule has 3 saturated heterocycles. The zero-order chi connectivity index (χ0) is 19.0. The first-order chi connectivity index (χ1) is 13.0. The molecule has 0 spiro atoms. The number of cyclic esters (lactones) is 1. The second kappa shape index (κ2) is 7.34. The number of phenols is 1. The number of ether oxygens (including phenoxy) is 1. The number of fused-ring (bicyclic) bond motifs is 1. The van der Waals surface area contributed by atoms with Crippen LogP contribution in [0.3, 0.4) is 0 Å². The summed E-state index contributed by atoms with van der Waals surface area (Å²) >= 11 is 0. The van der Waals surface area contributed by atoms with Crippen LogP contribution in [0.5, 0.6) is 5.75 Å². The Morgan fingerprint density at radius 3 is 2.37 bits per heavy atom. The van der Waals surface area contributed by atoms with Crippen LogP contribution in [0.2, 0.25) is 0 Å². The summed E-state index contributed by atoms with van der Waals surface area (Å²) in [4.78, 5) is 17.1. The van der Waals surface area contributed by atoms with E-state index in [0.717, 1.165) is 64.1 Å². The monoisotopic (exact) mass is 372 g/mol. The molecule has 3 heterocycles. The predicted octanol–water partition coefficient (Wildman–Crippen LogP) is 3.27. The summed E-state index contributed by atoms with van der Waals surface area (Å²) in [6, 6.07) is 7.64. The Balaban J connectivity index is 1.27. The predicted molar refractivity (Wildman–Crippen MR) is 106 cm³/mol. The van der Waals surface area contributed by atoms with E-state index in [9.17, 15) is 9.90 Å². The van der Waals surface area contributed by atoms with E-state index in [-0.39, 0.29) is 17.5 Å². The molecule has 0 bridgehead atoms. The maximum atomic E-state index is 12.3. The van der Waals surface area contributed by atoms with Crippen molar-refractivity contribution in [2.24, 2.45) is 17.3 Å². The molecule has 1 aromatic carbocycles. The lowest BCUT2D eigenvalue weighted by atomic mass is 9.79. The van der Waals surface area contributed by atoms with Crippen molar-refractivity contribution in [1.29, 1.82) is 0 Å². The van der Waals surface area contributed by atoms with E-state index in [1.54, 1.807) is 6.07 Å². The second-order valence-corrected chi connectivity index (χ2v) is 8.68. The van der Waals surface area contributed by atoms with Gasteiger partial charge in [0.25, 0.3) is 0 Å². The number of nitrogens with zero attached hydrogens (tertiary/aromatic N) is 2. The summed E-state index contributed by atoms with van der Waals surface area (Å²) in [7, 11) is 0. The summed E-state index contributed by atoms with van der Waals surface area (Å²) in [6.07, 6.45) is 3.70. The van der Waals surface area contributed by atoms with Crippen molar-refractivity contribution in [3.8, 4) is 5.75 Å². The van der Waals surface area contributed by atoms with Crippen LogP contribution in [0.15, 0.2) is 24.3 Å². The fourth-order valence-electron chi connectivity index (χ4n) is 5.35. The number of para-hydroxylation sites is 2. The van der Waals surface area contributed by atoms with Crippen LogP contribution in [0.25, 0.3) is 0 Å². The van der Waals surface area contributed by atoms with Gasteiger partial charge in [-0.2, -0.15) is 0 Å². The fourth-order valence-corrected chi connectivity index (χ4v) is 5.35. The van der Waals surface area contributed by atoms with Gasteiger partial charge in [-0.3, -0.25) is 4.79 Å². The quantitative estimate of drug-likeness (QED) is 0.777. The molecule has 0 radical (unpaired) electrons. The first-order valence-corrected chi connectivity index (χ1v) is 10.5. The van der Waals surface area contributed by atoms with Crippen LogP contribution in [-0.4, -0.2) is 54.8 Å². The molecule has 3 unspecified atom stereocenters. The van der Waals surface area contributed by atoms with Crippen LogP contribution >= 0.6 is 0 Å². The van der Waals surface area contributed by atoms with Crippen LogP contribution in [0.1, 0.15) is 39.5 Å². The average molecular weight is 373 g/mol. The maximum absolute atomic E-state index is 12.3. The number of likely N-dealkylation sites (tertiary alicyclic amines) is 1. The van der Waals surface area contributed by atoms with Crippen molar-refractivity contribution in [3.63, 3.8) is 0 Å². The van der Waals surface area contributed by atoms with E-state index in [4.69, 9.17) is 4.74 Å². The summed E-state index contributed by atoms with van der Waals surface area (Å²) < 4.78 is 5.70. The summed E-state index contributed by atoms with van der Waals surface area (Å²) in [5.41, 5.74) is 0.733. The van der Waals surface area contributed by atoms with Gasteiger partial charge in [-0.05, 0) is 43.2 Å². The van der Waals surface area contributed by atoms with Gasteiger partial charge in [0.15, 0.2) is 0 Å². The average Bonchev–Trinajstić information content (AvgIpc) is 3.31. The number of esters is 1. The smallest absolute Gasteiger partial charge is 0.312 e. The minimum Gasteiger partial charge on any atom is -0.506 e. The van der Waals surface area contributed by atoms with Gasteiger partial charge >= 0.3 is 5.97 Å².